The van der Waals surface area contributed by atoms with Crippen LogP contribution in [0.3, 0.4) is 0 Å². The van der Waals surface area contributed by atoms with E-state index in [0.717, 1.165) is 31.5 Å². The van der Waals surface area contributed by atoms with Crippen molar-refractivity contribution in [1.29, 1.82) is 0 Å². The van der Waals surface area contributed by atoms with Crippen molar-refractivity contribution in [3.8, 4) is 0 Å². The Morgan fingerprint density at radius 1 is 1.30 bits per heavy atom. The van der Waals surface area contributed by atoms with Crippen molar-refractivity contribution in [2.45, 2.75) is 38.8 Å². The molecule has 1 aliphatic rings. The van der Waals surface area contributed by atoms with Crippen LogP contribution in [0.15, 0.2) is 24.3 Å². The van der Waals surface area contributed by atoms with Crippen LogP contribution in [0.25, 0.3) is 0 Å². The second kappa shape index (κ2) is 7.88. The molecule has 0 aliphatic carbocycles. The lowest BCUT2D eigenvalue weighted by molar-refractivity contribution is -0.133. The van der Waals surface area contributed by atoms with E-state index in [9.17, 15) is 14.3 Å². The van der Waals surface area contributed by atoms with Crippen LogP contribution in [0.2, 0.25) is 0 Å². The summed E-state index contributed by atoms with van der Waals surface area (Å²) in [4.78, 5) is 16.3. The summed E-state index contributed by atoms with van der Waals surface area (Å²) in [5, 5.41) is 9.63. The molecule has 0 radical (unpaired) electrons. The van der Waals surface area contributed by atoms with E-state index in [1.165, 1.54) is 12.1 Å². The largest absolute Gasteiger partial charge is 0.393 e. The molecule has 128 valence electrons. The number of carbonyl (C=O) groups excluding carboxylic acids is 1. The summed E-state index contributed by atoms with van der Waals surface area (Å²) < 4.78 is 13.0. The SMILES string of the molecule is CC(O)C1CCN(CC(=O)N(C)C(C)c2ccc(F)cc2)CC1. The number of aliphatic hydroxyl groups is 1. The van der Waals surface area contributed by atoms with Crippen molar-refractivity contribution < 1.29 is 14.3 Å². The van der Waals surface area contributed by atoms with Gasteiger partial charge in [-0.15, -0.1) is 0 Å². The molecule has 1 aromatic carbocycles. The summed E-state index contributed by atoms with van der Waals surface area (Å²) in [6.45, 7) is 5.88. The zero-order chi connectivity index (χ0) is 17.0. The molecule has 0 bridgehead atoms. The molecular formula is C18H27FN2O2. The van der Waals surface area contributed by atoms with E-state index in [1.54, 1.807) is 24.1 Å². The van der Waals surface area contributed by atoms with Gasteiger partial charge in [0.25, 0.3) is 0 Å². The Morgan fingerprint density at radius 3 is 2.39 bits per heavy atom. The Labute approximate surface area is 137 Å². The molecule has 2 unspecified atom stereocenters. The minimum atomic E-state index is -0.269. The number of aliphatic hydroxyl groups excluding tert-OH is 1. The van der Waals surface area contributed by atoms with Gasteiger partial charge in [-0.25, -0.2) is 4.39 Å². The third-order valence-corrected chi connectivity index (χ3v) is 5.00. The number of hydrogen-bond donors (Lipinski definition) is 1. The highest BCUT2D eigenvalue weighted by Gasteiger charge is 2.25. The smallest absolute Gasteiger partial charge is 0.236 e. The van der Waals surface area contributed by atoms with E-state index in [0.29, 0.717) is 12.5 Å². The minimum absolute atomic E-state index is 0.0670. The molecular weight excluding hydrogens is 295 g/mol. The highest BCUT2D eigenvalue weighted by Crippen LogP contribution is 2.22. The van der Waals surface area contributed by atoms with Gasteiger partial charge in [-0.2, -0.15) is 0 Å². The number of carbonyl (C=O) groups is 1. The van der Waals surface area contributed by atoms with E-state index in [1.807, 2.05) is 13.8 Å². The summed E-state index contributed by atoms with van der Waals surface area (Å²) in [5.41, 5.74) is 0.926. The summed E-state index contributed by atoms with van der Waals surface area (Å²) in [6.07, 6.45) is 1.60. The number of likely N-dealkylation sites (N-methyl/N-ethyl adjacent to an activating group) is 1. The molecule has 1 saturated heterocycles. The maximum Gasteiger partial charge on any atom is 0.236 e. The Bertz CT molecular complexity index is 510. The van der Waals surface area contributed by atoms with Gasteiger partial charge < -0.3 is 10.0 Å². The van der Waals surface area contributed by atoms with Crippen molar-refractivity contribution in [2.24, 2.45) is 5.92 Å². The molecule has 2 rings (SSSR count). The van der Waals surface area contributed by atoms with Crippen LogP contribution >= 0.6 is 0 Å². The Balaban J connectivity index is 1.86. The van der Waals surface area contributed by atoms with Crippen LogP contribution in [-0.4, -0.2) is 53.6 Å². The molecule has 0 saturated carbocycles. The van der Waals surface area contributed by atoms with Crippen molar-refractivity contribution >= 4 is 5.91 Å². The molecule has 0 spiro atoms. The lowest BCUT2D eigenvalue weighted by Gasteiger charge is -2.34. The van der Waals surface area contributed by atoms with Crippen LogP contribution in [-0.2, 0) is 4.79 Å². The number of piperidine rings is 1. The number of amides is 1. The van der Waals surface area contributed by atoms with Crippen molar-refractivity contribution in [3.63, 3.8) is 0 Å². The number of hydrogen-bond acceptors (Lipinski definition) is 3. The first-order valence-electron chi connectivity index (χ1n) is 8.30. The average molecular weight is 322 g/mol. The lowest BCUT2D eigenvalue weighted by Crippen LogP contribution is -2.44. The first-order valence-corrected chi connectivity index (χ1v) is 8.30. The monoisotopic (exact) mass is 322 g/mol. The molecule has 4 nitrogen and oxygen atoms in total. The number of likely N-dealkylation sites (tertiary alicyclic amines) is 1. The van der Waals surface area contributed by atoms with Gasteiger partial charge in [0, 0.05) is 7.05 Å². The van der Waals surface area contributed by atoms with Crippen LogP contribution in [0.4, 0.5) is 4.39 Å². The van der Waals surface area contributed by atoms with Gasteiger partial charge in [-0.1, -0.05) is 12.1 Å². The first-order chi connectivity index (χ1) is 10.9. The predicted molar refractivity (Wildman–Crippen MR) is 88.4 cm³/mol. The van der Waals surface area contributed by atoms with Crippen molar-refractivity contribution in [2.75, 3.05) is 26.7 Å². The number of rotatable bonds is 5. The summed E-state index contributed by atoms with van der Waals surface area (Å²) >= 11 is 0. The fourth-order valence-electron chi connectivity index (χ4n) is 3.08. The third-order valence-electron chi connectivity index (χ3n) is 5.00. The first kappa shape index (κ1) is 17.9. The van der Waals surface area contributed by atoms with Crippen LogP contribution in [0, 0.1) is 11.7 Å². The molecule has 1 aromatic rings. The molecule has 0 aromatic heterocycles. The second-order valence-electron chi connectivity index (χ2n) is 6.59. The van der Waals surface area contributed by atoms with E-state index >= 15 is 0 Å². The molecule has 1 N–H and O–H groups in total. The van der Waals surface area contributed by atoms with Gasteiger partial charge in [0.1, 0.15) is 5.82 Å². The van der Waals surface area contributed by atoms with Crippen molar-refractivity contribution in [1.82, 2.24) is 9.80 Å². The van der Waals surface area contributed by atoms with Gasteiger partial charge in [-0.05, 0) is 63.4 Å². The average Bonchev–Trinajstić information content (AvgIpc) is 2.54. The zero-order valence-corrected chi connectivity index (χ0v) is 14.2. The minimum Gasteiger partial charge on any atom is -0.393 e. The lowest BCUT2D eigenvalue weighted by atomic mass is 9.92. The molecule has 1 amide bonds. The number of halogens is 1. The van der Waals surface area contributed by atoms with Crippen LogP contribution in [0.5, 0.6) is 0 Å². The van der Waals surface area contributed by atoms with Gasteiger partial charge in [-0.3, -0.25) is 9.69 Å². The topological polar surface area (TPSA) is 43.8 Å². The highest BCUT2D eigenvalue weighted by atomic mass is 19.1. The number of nitrogens with zero attached hydrogens (tertiary/aromatic N) is 2. The Hall–Kier alpha value is -1.46. The van der Waals surface area contributed by atoms with Crippen LogP contribution in [0.1, 0.15) is 38.3 Å². The molecule has 2 atom stereocenters. The third kappa shape index (κ3) is 4.75. The molecule has 23 heavy (non-hydrogen) atoms. The van der Waals surface area contributed by atoms with Gasteiger partial charge in [0.05, 0.1) is 18.7 Å². The maximum absolute atomic E-state index is 13.0. The summed E-state index contributed by atoms with van der Waals surface area (Å²) in [7, 11) is 1.79. The fourth-order valence-corrected chi connectivity index (χ4v) is 3.08. The van der Waals surface area contributed by atoms with Gasteiger partial charge in [0.15, 0.2) is 0 Å². The normalized spacial score (nSPS) is 19.3. The summed E-state index contributed by atoms with van der Waals surface area (Å²) in [5.74, 6) is 0.144. The van der Waals surface area contributed by atoms with Gasteiger partial charge in [0.2, 0.25) is 5.91 Å². The maximum atomic E-state index is 13.0. The van der Waals surface area contributed by atoms with Crippen molar-refractivity contribution in [3.05, 3.63) is 35.6 Å². The van der Waals surface area contributed by atoms with E-state index < -0.39 is 0 Å². The van der Waals surface area contributed by atoms with Crippen LogP contribution < -0.4 is 0 Å². The van der Waals surface area contributed by atoms with E-state index in [-0.39, 0.29) is 23.9 Å². The van der Waals surface area contributed by atoms with E-state index in [2.05, 4.69) is 4.90 Å². The fraction of sp³-hybridized carbons (Fsp3) is 0.611. The molecule has 1 heterocycles. The highest BCUT2D eigenvalue weighted by molar-refractivity contribution is 5.78. The Kier molecular flexibility index (Phi) is 6.13. The second-order valence-corrected chi connectivity index (χ2v) is 6.59. The predicted octanol–water partition coefficient (Wildman–Crippen LogP) is 2.44. The summed E-state index contributed by atoms with van der Waals surface area (Å²) in [6, 6.07) is 6.20. The standard InChI is InChI=1S/C18H27FN2O2/c1-13(15-4-6-17(19)7-5-15)20(3)18(23)12-21-10-8-16(9-11-21)14(2)22/h4-7,13-14,16,22H,8-12H2,1-3H3. The Morgan fingerprint density at radius 2 is 1.87 bits per heavy atom. The number of benzene rings is 1. The van der Waals surface area contributed by atoms with Gasteiger partial charge >= 0.3 is 0 Å². The zero-order valence-electron chi connectivity index (χ0n) is 14.2. The van der Waals surface area contributed by atoms with E-state index in [4.69, 9.17) is 0 Å². The quantitative estimate of drug-likeness (QED) is 0.905. The molecule has 1 fully saturated rings. The molecule has 1 aliphatic heterocycles. The molecule has 5 heteroatoms.